The molecule has 0 aliphatic carbocycles. The molecule has 0 aromatic carbocycles. The monoisotopic (exact) mass is 475 g/mol. The molecule has 1 aliphatic rings. The minimum atomic E-state index is -4.19. The molecule has 1 fully saturated rings. The second kappa shape index (κ2) is 9.06. The van der Waals surface area contributed by atoms with Gasteiger partial charge in [-0.15, -0.1) is 24.0 Å². The second-order valence-corrected chi connectivity index (χ2v) is 5.89. The average Bonchev–Trinajstić information content (AvgIpc) is 2.85. The van der Waals surface area contributed by atoms with Crippen LogP contribution in [-0.2, 0) is 6.54 Å². The molecule has 0 amide bonds. The number of rotatable bonds is 3. The van der Waals surface area contributed by atoms with E-state index >= 15 is 0 Å². The van der Waals surface area contributed by atoms with Gasteiger partial charge < -0.3 is 14.6 Å². The predicted molar refractivity (Wildman–Crippen MR) is 100 cm³/mol. The molecular weight excluding hydrogens is 450 g/mol. The molecule has 2 rings (SSSR count). The molecule has 6 nitrogen and oxygen atoms in total. The van der Waals surface area contributed by atoms with Crippen LogP contribution in [0, 0.1) is 13.8 Å². The molecule has 0 radical (unpaired) electrons. The van der Waals surface area contributed by atoms with Gasteiger partial charge in [-0.2, -0.15) is 13.2 Å². The van der Waals surface area contributed by atoms with Crippen LogP contribution in [0.3, 0.4) is 0 Å². The summed E-state index contributed by atoms with van der Waals surface area (Å²) >= 11 is 0. The Morgan fingerprint density at radius 3 is 2.32 bits per heavy atom. The summed E-state index contributed by atoms with van der Waals surface area (Å²) in [7, 11) is 1.65. The second-order valence-electron chi connectivity index (χ2n) is 5.89. The Bertz CT molecular complexity index is 563. The molecule has 0 bridgehead atoms. The lowest BCUT2D eigenvalue weighted by molar-refractivity contribution is -0.181. The van der Waals surface area contributed by atoms with E-state index in [0.717, 1.165) is 11.5 Å². The smallest absolute Gasteiger partial charge is 0.403 e. The molecule has 0 saturated carbocycles. The Morgan fingerprint density at radius 2 is 1.88 bits per heavy atom. The zero-order valence-corrected chi connectivity index (χ0v) is 17.2. The number of halogens is 4. The molecule has 25 heavy (non-hydrogen) atoms. The zero-order valence-electron chi connectivity index (χ0n) is 14.9. The van der Waals surface area contributed by atoms with Crippen molar-refractivity contribution in [3.05, 3.63) is 17.3 Å². The van der Waals surface area contributed by atoms with Crippen LogP contribution in [0.25, 0.3) is 0 Å². The van der Waals surface area contributed by atoms with E-state index in [0.29, 0.717) is 44.6 Å². The summed E-state index contributed by atoms with van der Waals surface area (Å²) in [6.07, 6.45) is -4.19. The van der Waals surface area contributed by atoms with Crippen molar-refractivity contribution in [3.8, 4) is 0 Å². The average molecular weight is 475 g/mol. The first-order valence-corrected chi connectivity index (χ1v) is 7.91. The lowest BCUT2D eigenvalue weighted by atomic mass is 10.2. The van der Waals surface area contributed by atoms with Crippen molar-refractivity contribution in [1.29, 1.82) is 0 Å². The molecule has 144 valence electrons. The van der Waals surface area contributed by atoms with Crippen LogP contribution in [-0.4, -0.2) is 66.2 Å². The van der Waals surface area contributed by atoms with Gasteiger partial charge in [0.1, 0.15) is 11.8 Å². The van der Waals surface area contributed by atoms with Gasteiger partial charge in [0.25, 0.3) is 0 Å². The number of nitrogens with zero attached hydrogens (tertiary/aromatic N) is 4. The van der Waals surface area contributed by atoms with Crippen LogP contribution in [0.15, 0.2) is 9.41 Å². The summed E-state index contributed by atoms with van der Waals surface area (Å²) in [6, 6.07) is -1.42. The Hall–Kier alpha value is -1.04. The number of alkyl halides is 3. The molecule has 1 aliphatic heterocycles. The molecule has 2 heterocycles. The van der Waals surface area contributed by atoms with Crippen LogP contribution < -0.4 is 5.32 Å². The maximum Gasteiger partial charge on any atom is 0.403 e. The van der Waals surface area contributed by atoms with E-state index in [1.165, 1.54) is 11.8 Å². The van der Waals surface area contributed by atoms with Crippen LogP contribution in [0.5, 0.6) is 0 Å². The van der Waals surface area contributed by atoms with Crippen molar-refractivity contribution in [2.24, 2.45) is 4.99 Å². The van der Waals surface area contributed by atoms with Gasteiger partial charge in [-0.1, -0.05) is 0 Å². The summed E-state index contributed by atoms with van der Waals surface area (Å²) in [4.78, 5) is 11.9. The number of hydrogen-bond acceptors (Lipinski definition) is 4. The first-order chi connectivity index (χ1) is 11.2. The maximum atomic E-state index is 12.8. The third-order valence-electron chi connectivity index (χ3n) is 4.32. The number of piperazine rings is 1. The molecule has 0 spiro atoms. The van der Waals surface area contributed by atoms with Crippen molar-refractivity contribution in [2.45, 2.75) is 39.5 Å². The van der Waals surface area contributed by atoms with Crippen molar-refractivity contribution in [3.63, 3.8) is 0 Å². The molecule has 10 heteroatoms. The number of guanidine groups is 1. The highest BCUT2D eigenvalue weighted by Gasteiger charge is 2.41. The predicted octanol–water partition coefficient (Wildman–Crippen LogP) is 2.55. The van der Waals surface area contributed by atoms with E-state index in [2.05, 4.69) is 15.3 Å². The van der Waals surface area contributed by atoms with Gasteiger partial charge in [0.15, 0.2) is 5.96 Å². The number of aliphatic imine (C=N–C) groups is 1. The summed E-state index contributed by atoms with van der Waals surface area (Å²) in [5.41, 5.74) is 0.844. The number of nitrogens with one attached hydrogen (secondary N) is 1. The first-order valence-electron chi connectivity index (χ1n) is 7.91. The van der Waals surface area contributed by atoms with Gasteiger partial charge in [0.05, 0.1) is 12.2 Å². The third kappa shape index (κ3) is 5.73. The molecule has 1 unspecified atom stereocenters. The largest absolute Gasteiger partial charge is 0.444 e. The van der Waals surface area contributed by atoms with E-state index in [9.17, 15) is 13.2 Å². The molecule has 1 N–H and O–H groups in total. The van der Waals surface area contributed by atoms with E-state index in [4.69, 9.17) is 4.42 Å². The minimum Gasteiger partial charge on any atom is -0.444 e. The molecular formula is C15H25F3IN5O. The van der Waals surface area contributed by atoms with Crippen molar-refractivity contribution in [1.82, 2.24) is 20.1 Å². The van der Waals surface area contributed by atoms with E-state index in [1.54, 1.807) is 7.05 Å². The number of aromatic nitrogens is 1. The van der Waals surface area contributed by atoms with Crippen LogP contribution in [0.2, 0.25) is 0 Å². The van der Waals surface area contributed by atoms with Gasteiger partial charge in [-0.25, -0.2) is 4.98 Å². The number of oxazole rings is 1. The van der Waals surface area contributed by atoms with Gasteiger partial charge >= 0.3 is 6.18 Å². The van der Waals surface area contributed by atoms with E-state index < -0.39 is 12.2 Å². The normalized spacial score (nSPS) is 18.0. The SMILES string of the molecule is CN=C(NCc1nc(C)c(C)o1)N1CCN(C(C)C(F)(F)F)CC1.I. The van der Waals surface area contributed by atoms with Gasteiger partial charge in [-0.05, 0) is 20.8 Å². The van der Waals surface area contributed by atoms with Crippen LogP contribution in [0.1, 0.15) is 24.3 Å². The van der Waals surface area contributed by atoms with E-state index in [-0.39, 0.29) is 24.0 Å². The highest BCUT2D eigenvalue weighted by Crippen LogP contribution is 2.25. The summed E-state index contributed by atoms with van der Waals surface area (Å²) in [5.74, 6) is 1.98. The first kappa shape index (κ1) is 22.0. The third-order valence-corrected chi connectivity index (χ3v) is 4.32. The lowest BCUT2D eigenvalue weighted by Gasteiger charge is -2.39. The highest BCUT2D eigenvalue weighted by molar-refractivity contribution is 14.0. The van der Waals surface area contributed by atoms with Gasteiger partial charge in [-0.3, -0.25) is 9.89 Å². The molecule has 1 aromatic rings. The Labute approximate surface area is 162 Å². The quantitative estimate of drug-likeness (QED) is 0.414. The minimum absolute atomic E-state index is 0. The fourth-order valence-corrected chi connectivity index (χ4v) is 2.63. The highest BCUT2D eigenvalue weighted by atomic mass is 127. The van der Waals surface area contributed by atoms with Gasteiger partial charge in [0, 0.05) is 33.2 Å². The molecule has 1 aromatic heterocycles. The standard InChI is InChI=1S/C15H24F3N5O.HI/c1-10-11(2)24-13(21-10)9-20-14(19-4)23-7-5-22(6-8-23)12(3)15(16,17)18;/h12H,5-9H2,1-4H3,(H,19,20);1H. The fraction of sp³-hybridized carbons (Fsp3) is 0.733. The Kier molecular flexibility index (Phi) is 7.97. The van der Waals surface area contributed by atoms with Crippen molar-refractivity contribution >= 4 is 29.9 Å². The summed E-state index contributed by atoms with van der Waals surface area (Å²) in [6.45, 7) is 6.99. The Balaban J connectivity index is 0.00000312. The Morgan fingerprint density at radius 1 is 1.28 bits per heavy atom. The molecule has 1 atom stereocenters. The van der Waals surface area contributed by atoms with Crippen LogP contribution >= 0.6 is 24.0 Å². The fourth-order valence-electron chi connectivity index (χ4n) is 2.63. The van der Waals surface area contributed by atoms with Crippen molar-refractivity contribution in [2.75, 3.05) is 33.2 Å². The summed E-state index contributed by atoms with van der Waals surface area (Å²) < 4.78 is 43.9. The topological polar surface area (TPSA) is 56.9 Å². The van der Waals surface area contributed by atoms with Crippen LogP contribution in [0.4, 0.5) is 13.2 Å². The number of hydrogen-bond donors (Lipinski definition) is 1. The van der Waals surface area contributed by atoms with E-state index in [1.807, 2.05) is 18.7 Å². The maximum absolute atomic E-state index is 12.8. The van der Waals surface area contributed by atoms with Crippen molar-refractivity contribution < 1.29 is 17.6 Å². The zero-order chi connectivity index (χ0) is 17.9. The number of aryl methyl sites for hydroxylation is 2. The summed E-state index contributed by atoms with van der Waals surface area (Å²) in [5, 5.41) is 3.15. The lowest BCUT2D eigenvalue weighted by Crippen LogP contribution is -2.56. The molecule has 1 saturated heterocycles. The van der Waals surface area contributed by atoms with Gasteiger partial charge in [0.2, 0.25) is 5.89 Å².